The molecule has 1 N–H and O–H groups in total. The van der Waals surface area contributed by atoms with Gasteiger partial charge in [-0.3, -0.25) is 13.8 Å². The van der Waals surface area contributed by atoms with Crippen molar-refractivity contribution in [3.8, 4) is 11.5 Å². The Hall–Kier alpha value is -3.72. The fraction of sp³-hybridized carbons (Fsp3) is 0.413. The molecular weight excluding hydrogens is 647 g/mol. The summed E-state index contributed by atoms with van der Waals surface area (Å²) in [6.45, 7) is 14.8. The summed E-state index contributed by atoms with van der Waals surface area (Å²) < 4.78 is 13.9. The molecule has 0 aliphatic rings. The van der Waals surface area contributed by atoms with Crippen molar-refractivity contribution < 1.29 is 18.7 Å². The van der Waals surface area contributed by atoms with E-state index in [1.54, 1.807) is 31.2 Å². The number of aryl methyl sites for hydroxylation is 6. The molecule has 0 atom stereocenters. The van der Waals surface area contributed by atoms with E-state index in [0.717, 1.165) is 98.9 Å². The SMILES string of the molecule is CCCc1cc(CCC)c2cc(O[P+](O)(Oc3cc4c(CCC)cc(CCC)cc4cc3CCC)c3ccc(C(C)=O)cc3)c(CCC)cc2c1. The van der Waals surface area contributed by atoms with Gasteiger partial charge in [0.2, 0.25) is 5.30 Å². The molecule has 0 unspecified atom stereocenters. The lowest BCUT2D eigenvalue weighted by molar-refractivity contribution is 0.101. The molecule has 0 amide bonds. The zero-order valence-corrected chi connectivity index (χ0v) is 32.9. The molecule has 0 saturated carbocycles. The quantitative estimate of drug-likeness (QED) is 0.0728. The van der Waals surface area contributed by atoms with Crippen molar-refractivity contribution in [3.63, 3.8) is 0 Å². The van der Waals surface area contributed by atoms with Crippen LogP contribution in [-0.2, 0) is 38.5 Å². The highest BCUT2D eigenvalue weighted by Crippen LogP contribution is 2.57. The second-order valence-corrected chi connectivity index (χ2v) is 16.1. The maximum absolute atomic E-state index is 12.9. The highest BCUT2D eigenvalue weighted by atomic mass is 31.2. The van der Waals surface area contributed by atoms with E-state index >= 15 is 0 Å². The van der Waals surface area contributed by atoms with E-state index in [4.69, 9.17) is 9.05 Å². The topological polar surface area (TPSA) is 55.8 Å². The van der Waals surface area contributed by atoms with Gasteiger partial charge in [0.15, 0.2) is 17.3 Å². The molecule has 0 radical (unpaired) electrons. The Morgan fingerprint density at radius 2 is 0.922 bits per heavy atom. The minimum absolute atomic E-state index is 0.0263. The van der Waals surface area contributed by atoms with Crippen LogP contribution >= 0.6 is 7.94 Å². The largest absolute Gasteiger partial charge is 0.533 e. The van der Waals surface area contributed by atoms with Gasteiger partial charge in [-0.05, 0) is 138 Å². The fourth-order valence-electron chi connectivity index (χ4n) is 7.36. The standard InChI is InChI=1S/C46H58O4P/c1-8-14-33-24-36(16-10-3)43-30-45(38(18-12-5)28-40(43)26-33)49-51(48,42-22-20-35(21-23-42)32(7)47)50-46-31-44-37(17-11-4)25-34(15-9-2)27-41(44)29-39(46)19-13-6/h20-31,48H,8-19H2,1-7H3/q+1. The molecular formula is C46H58O4P+. The van der Waals surface area contributed by atoms with Gasteiger partial charge in [-0.15, -0.1) is 0 Å². The van der Waals surface area contributed by atoms with Crippen molar-refractivity contribution in [1.82, 2.24) is 0 Å². The first-order valence-corrected chi connectivity index (χ1v) is 21.0. The van der Waals surface area contributed by atoms with Crippen LogP contribution in [0.3, 0.4) is 0 Å². The van der Waals surface area contributed by atoms with Crippen LogP contribution in [0, 0.1) is 0 Å². The predicted molar refractivity (Wildman–Crippen MR) is 218 cm³/mol. The van der Waals surface area contributed by atoms with E-state index < -0.39 is 7.94 Å². The Kier molecular flexibility index (Phi) is 13.3. The molecule has 0 aliphatic heterocycles. The molecule has 51 heavy (non-hydrogen) atoms. The van der Waals surface area contributed by atoms with Crippen molar-refractivity contribution in [2.75, 3.05) is 0 Å². The van der Waals surface area contributed by atoms with E-state index in [-0.39, 0.29) is 5.78 Å². The third kappa shape index (κ3) is 9.02. The Labute approximate surface area is 307 Å². The molecule has 0 aliphatic carbocycles. The smallest absolute Gasteiger partial charge is 0.295 e. The summed E-state index contributed by atoms with van der Waals surface area (Å²) >= 11 is 0. The predicted octanol–water partition coefficient (Wildman–Crippen LogP) is 12.4. The van der Waals surface area contributed by atoms with Gasteiger partial charge in [0, 0.05) is 16.7 Å². The average Bonchev–Trinajstić information content (AvgIpc) is 3.10. The minimum atomic E-state index is -3.79. The first-order chi connectivity index (χ1) is 24.7. The minimum Gasteiger partial charge on any atom is -0.295 e. The monoisotopic (exact) mass is 705 g/mol. The molecule has 0 saturated heterocycles. The van der Waals surface area contributed by atoms with Crippen molar-refractivity contribution in [2.24, 2.45) is 0 Å². The molecule has 0 spiro atoms. The van der Waals surface area contributed by atoms with Crippen LogP contribution in [0.2, 0.25) is 0 Å². The van der Waals surface area contributed by atoms with Gasteiger partial charge < -0.3 is 0 Å². The Morgan fingerprint density at radius 1 is 0.529 bits per heavy atom. The van der Waals surface area contributed by atoms with E-state index in [0.29, 0.717) is 22.4 Å². The number of rotatable bonds is 18. The van der Waals surface area contributed by atoms with Crippen molar-refractivity contribution in [1.29, 1.82) is 0 Å². The van der Waals surface area contributed by atoms with E-state index in [1.165, 1.54) is 33.0 Å². The van der Waals surface area contributed by atoms with Crippen LogP contribution in [0.4, 0.5) is 0 Å². The molecule has 5 rings (SSSR count). The molecule has 270 valence electrons. The lowest BCUT2D eigenvalue weighted by Crippen LogP contribution is -2.22. The highest BCUT2D eigenvalue weighted by molar-refractivity contribution is 7.69. The number of Topliss-reactive ketones (excluding diaryl/α,β-unsaturated/α-hetero) is 1. The summed E-state index contributed by atoms with van der Waals surface area (Å²) in [4.78, 5) is 25.2. The third-order valence-electron chi connectivity index (χ3n) is 9.76. The van der Waals surface area contributed by atoms with Crippen LogP contribution < -0.4 is 14.4 Å². The highest BCUT2D eigenvalue weighted by Gasteiger charge is 2.48. The van der Waals surface area contributed by atoms with Crippen LogP contribution in [-0.4, -0.2) is 10.7 Å². The van der Waals surface area contributed by atoms with E-state index in [9.17, 15) is 9.69 Å². The molecule has 0 fully saturated rings. The summed E-state index contributed by atoms with van der Waals surface area (Å²) in [7, 11) is -3.79. The van der Waals surface area contributed by atoms with Crippen LogP contribution in [0.5, 0.6) is 11.5 Å². The molecule has 5 heteroatoms. The molecule has 5 aromatic rings. The lowest BCUT2D eigenvalue weighted by Gasteiger charge is -2.22. The maximum atomic E-state index is 12.9. The summed E-state index contributed by atoms with van der Waals surface area (Å²) in [6.07, 6.45) is 11.8. The lowest BCUT2D eigenvalue weighted by atomic mass is 9.94. The zero-order chi connectivity index (χ0) is 36.5. The first kappa shape index (κ1) is 38.5. The second-order valence-electron chi connectivity index (χ2n) is 14.2. The number of carbonyl (C=O) groups is 1. The normalized spacial score (nSPS) is 11.8. The molecule has 0 bridgehead atoms. The number of ketones is 1. The van der Waals surface area contributed by atoms with Crippen molar-refractivity contribution >= 4 is 40.6 Å². The van der Waals surface area contributed by atoms with E-state index in [2.05, 4.69) is 90.1 Å². The summed E-state index contributed by atoms with van der Waals surface area (Å²) in [5.41, 5.74) is 8.06. The number of benzene rings is 5. The van der Waals surface area contributed by atoms with Gasteiger partial charge in [-0.25, -0.2) is 0 Å². The van der Waals surface area contributed by atoms with Crippen LogP contribution in [0.15, 0.2) is 72.8 Å². The van der Waals surface area contributed by atoms with E-state index in [1.807, 2.05) is 0 Å². The van der Waals surface area contributed by atoms with Gasteiger partial charge in [0.05, 0.1) is 0 Å². The second kappa shape index (κ2) is 17.7. The van der Waals surface area contributed by atoms with Crippen molar-refractivity contribution in [2.45, 2.75) is 126 Å². The van der Waals surface area contributed by atoms with Gasteiger partial charge in [0.1, 0.15) is 0 Å². The molecule has 0 aromatic heterocycles. The van der Waals surface area contributed by atoms with Crippen LogP contribution in [0.1, 0.15) is 131 Å². The summed E-state index contributed by atoms with van der Waals surface area (Å²) in [5.74, 6) is 1.29. The van der Waals surface area contributed by atoms with Crippen molar-refractivity contribution in [3.05, 3.63) is 112 Å². The van der Waals surface area contributed by atoms with Gasteiger partial charge in [-0.2, -0.15) is 4.89 Å². The average molecular weight is 706 g/mol. The number of fused-ring (bicyclic) bond motifs is 2. The Bertz CT molecular complexity index is 1850. The van der Waals surface area contributed by atoms with Gasteiger partial charge >= 0.3 is 7.94 Å². The van der Waals surface area contributed by atoms with Gasteiger partial charge in [0.25, 0.3) is 0 Å². The van der Waals surface area contributed by atoms with Gasteiger partial charge in [-0.1, -0.05) is 104 Å². The Balaban J connectivity index is 1.71. The number of hydrogen-bond donors (Lipinski definition) is 1. The third-order valence-corrected chi connectivity index (χ3v) is 11.6. The molecule has 0 heterocycles. The maximum Gasteiger partial charge on any atom is 0.533 e. The summed E-state index contributed by atoms with van der Waals surface area (Å²) in [5, 5.41) is 5.31. The number of hydrogen-bond acceptors (Lipinski definition) is 4. The molecule has 5 aromatic carbocycles. The summed E-state index contributed by atoms with van der Waals surface area (Å²) in [6, 6.07) is 25.3. The van der Waals surface area contributed by atoms with Crippen LogP contribution in [0.25, 0.3) is 21.5 Å². The zero-order valence-electron chi connectivity index (χ0n) is 32.0. The first-order valence-electron chi connectivity index (χ1n) is 19.5. The molecule has 4 nitrogen and oxygen atoms in total. The Morgan fingerprint density at radius 3 is 1.29 bits per heavy atom. The fourth-order valence-corrected chi connectivity index (χ4v) is 9.01. The number of carbonyl (C=O) groups excluding carboxylic acids is 1.